The normalized spacial score (nSPS) is 12.5. The van der Waals surface area contributed by atoms with Gasteiger partial charge in [-0.05, 0) is 13.8 Å². The molecular formula is C9H15N3OS. The van der Waals surface area contributed by atoms with E-state index in [4.69, 9.17) is 5.73 Å². The van der Waals surface area contributed by atoms with Crippen LogP contribution < -0.4 is 11.1 Å². The quantitative estimate of drug-likeness (QED) is 0.763. The molecule has 0 fully saturated rings. The van der Waals surface area contributed by atoms with Crippen molar-refractivity contribution in [2.75, 3.05) is 6.54 Å². The molecule has 0 saturated heterocycles. The van der Waals surface area contributed by atoms with Crippen molar-refractivity contribution in [3.8, 4) is 0 Å². The van der Waals surface area contributed by atoms with Crippen LogP contribution in [0.3, 0.4) is 0 Å². The summed E-state index contributed by atoms with van der Waals surface area (Å²) in [6, 6.07) is 0.0298. The molecular weight excluding hydrogens is 198 g/mol. The van der Waals surface area contributed by atoms with Crippen molar-refractivity contribution in [3.63, 3.8) is 0 Å². The van der Waals surface area contributed by atoms with Gasteiger partial charge in [0.2, 0.25) is 5.91 Å². The van der Waals surface area contributed by atoms with Crippen LogP contribution in [0.2, 0.25) is 0 Å². The molecule has 1 aromatic rings. The van der Waals surface area contributed by atoms with E-state index in [1.807, 2.05) is 19.2 Å². The van der Waals surface area contributed by atoms with Crippen LogP contribution in [0.25, 0.3) is 0 Å². The Morgan fingerprint density at radius 3 is 3.00 bits per heavy atom. The van der Waals surface area contributed by atoms with E-state index in [2.05, 4.69) is 10.3 Å². The van der Waals surface area contributed by atoms with E-state index in [1.54, 1.807) is 11.3 Å². The van der Waals surface area contributed by atoms with E-state index in [9.17, 15) is 4.79 Å². The van der Waals surface area contributed by atoms with E-state index in [1.165, 1.54) is 0 Å². The first-order valence-corrected chi connectivity index (χ1v) is 5.40. The Morgan fingerprint density at radius 1 is 1.79 bits per heavy atom. The minimum absolute atomic E-state index is 0.0201. The van der Waals surface area contributed by atoms with Gasteiger partial charge >= 0.3 is 0 Å². The molecule has 3 N–H and O–H groups in total. The lowest BCUT2D eigenvalue weighted by Crippen LogP contribution is -2.38. The number of nitrogens with zero attached hydrogens (tertiary/aromatic N) is 1. The summed E-state index contributed by atoms with van der Waals surface area (Å²) in [5.74, 6) is -0.0201. The van der Waals surface area contributed by atoms with E-state index >= 15 is 0 Å². The number of thiazole rings is 1. The van der Waals surface area contributed by atoms with Crippen LogP contribution in [-0.2, 0) is 11.2 Å². The second kappa shape index (κ2) is 5.07. The van der Waals surface area contributed by atoms with Gasteiger partial charge in [-0.3, -0.25) is 4.79 Å². The van der Waals surface area contributed by atoms with Gasteiger partial charge in [0.25, 0.3) is 0 Å². The summed E-state index contributed by atoms with van der Waals surface area (Å²) in [7, 11) is 0. The van der Waals surface area contributed by atoms with Gasteiger partial charge in [-0.15, -0.1) is 11.3 Å². The third-order valence-corrected chi connectivity index (χ3v) is 2.59. The summed E-state index contributed by atoms with van der Waals surface area (Å²) < 4.78 is 0. The smallest absolute Gasteiger partial charge is 0.226 e. The molecule has 0 aliphatic rings. The molecule has 1 rings (SSSR count). The molecule has 0 saturated carbocycles. The number of aryl methyl sites for hydroxylation is 1. The van der Waals surface area contributed by atoms with E-state index < -0.39 is 0 Å². The summed E-state index contributed by atoms with van der Waals surface area (Å²) in [6.07, 6.45) is 0.342. The minimum Gasteiger partial charge on any atom is -0.352 e. The molecule has 0 bridgehead atoms. The highest BCUT2D eigenvalue weighted by Gasteiger charge is 2.08. The highest BCUT2D eigenvalue weighted by atomic mass is 32.1. The lowest BCUT2D eigenvalue weighted by atomic mass is 10.3. The van der Waals surface area contributed by atoms with Crippen LogP contribution in [0, 0.1) is 6.92 Å². The molecule has 0 aliphatic heterocycles. The monoisotopic (exact) mass is 213 g/mol. The molecule has 1 atom stereocenters. The summed E-state index contributed by atoms with van der Waals surface area (Å²) >= 11 is 1.56. The molecule has 0 spiro atoms. The topological polar surface area (TPSA) is 68.0 Å². The summed E-state index contributed by atoms with van der Waals surface area (Å²) in [5, 5.41) is 5.68. The van der Waals surface area contributed by atoms with Gasteiger partial charge in [0, 0.05) is 18.0 Å². The molecule has 14 heavy (non-hydrogen) atoms. The molecule has 0 aromatic carbocycles. The van der Waals surface area contributed by atoms with Crippen molar-refractivity contribution in [1.29, 1.82) is 0 Å². The fraction of sp³-hybridized carbons (Fsp3) is 0.556. The number of nitrogens with one attached hydrogen (secondary N) is 1. The molecule has 1 amide bonds. The van der Waals surface area contributed by atoms with Gasteiger partial charge in [-0.25, -0.2) is 4.98 Å². The van der Waals surface area contributed by atoms with Gasteiger partial charge in [0.05, 0.1) is 17.1 Å². The average Bonchev–Trinajstić information content (AvgIpc) is 2.50. The Balaban J connectivity index is 2.41. The first-order valence-electron chi connectivity index (χ1n) is 4.52. The predicted molar refractivity (Wildman–Crippen MR) is 57.2 cm³/mol. The first kappa shape index (κ1) is 11.1. The first-order chi connectivity index (χ1) is 6.61. The number of carbonyl (C=O) groups excluding carboxylic acids is 1. The summed E-state index contributed by atoms with van der Waals surface area (Å²) in [6.45, 7) is 4.26. The highest BCUT2D eigenvalue weighted by molar-refractivity contribution is 7.09. The maximum Gasteiger partial charge on any atom is 0.226 e. The van der Waals surface area contributed by atoms with Crippen molar-refractivity contribution in [2.24, 2.45) is 5.73 Å². The van der Waals surface area contributed by atoms with E-state index in [0.717, 1.165) is 10.7 Å². The molecule has 78 valence electrons. The van der Waals surface area contributed by atoms with Gasteiger partial charge in [-0.2, -0.15) is 0 Å². The standard InChI is InChI=1S/C9H15N3OS/c1-6(4-10)11-9(13)3-8-5-14-7(2)12-8/h5-6H,3-4,10H2,1-2H3,(H,11,13). The zero-order valence-corrected chi connectivity index (χ0v) is 9.23. The van der Waals surface area contributed by atoms with Gasteiger partial charge in [-0.1, -0.05) is 0 Å². The van der Waals surface area contributed by atoms with Crippen molar-refractivity contribution in [1.82, 2.24) is 10.3 Å². The molecule has 1 heterocycles. The Bertz CT molecular complexity index is 311. The molecule has 0 radical (unpaired) electrons. The molecule has 5 heteroatoms. The Morgan fingerprint density at radius 2 is 2.50 bits per heavy atom. The number of rotatable bonds is 4. The maximum atomic E-state index is 11.4. The van der Waals surface area contributed by atoms with Crippen LogP contribution in [0.1, 0.15) is 17.6 Å². The van der Waals surface area contributed by atoms with Crippen molar-refractivity contribution >= 4 is 17.2 Å². The molecule has 0 aliphatic carbocycles. The fourth-order valence-electron chi connectivity index (χ4n) is 1.04. The maximum absolute atomic E-state index is 11.4. The second-order valence-corrected chi connectivity index (χ2v) is 4.30. The predicted octanol–water partition coefficient (Wildman–Crippen LogP) is 0.457. The van der Waals surface area contributed by atoms with Crippen LogP contribution >= 0.6 is 11.3 Å². The van der Waals surface area contributed by atoms with Crippen LogP contribution in [-0.4, -0.2) is 23.5 Å². The van der Waals surface area contributed by atoms with Crippen LogP contribution in [0.5, 0.6) is 0 Å². The SMILES string of the molecule is Cc1nc(CC(=O)NC(C)CN)cs1. The van der Waals surface area contributed by atoms with Crippen LogP contribution in [0.4, 0.5) is 0 Å². The van der Waals surface area contributed by atoms with E-state index in [0.29, 0.717) is 13.0 Å². The van der Waals surface area contributed by atoms with Crippen molar-refractivity contribution in [2.45, 2.75) is 26.3 Å². The van der Waals surface area contributed by atoms with Gasteiger partial charge < -0.3 is 11.1 Å². The van der Waals surface area contributed by atoms with Gasteiger partial charge in [0.1, 0.15) is 0 Å². The van der Waals surface area contributed by atoms with Crippen molar-refractivity contribution in [3.05, 3.63) is 16.1 Å². The lowest BCUT2D eigenvalue weighted by molar-refractivity contribution is -0.121. The number of nitrogens with two attached hydrogens (primary N) is 1. The second-order valence-electron chi connectivity index (χ2n) is 3.24. The molecule has 1 unspecified atom stereocenters. The van der Waals surface area contributed by atoms with E-state index in [-0.39, 0.29) is 11.9 Å². The van der Waals surface area contributed by atoms with Crippen LogP contribution in [0.15, 0.2) is 5.38 Å². The summed E-state index contributed by atoms with van der Waals surface area (Å²) in [5.41, 5.74) is 6.22. The summed E-state index contributed by atoms with van der Waals surface area (Å²) in [4.78, 5) is 15.6. The molecule has 4 nitrogen and oxygen atoms in total. The van der Waals surface area contributed by atoms with Gasteiger partial charge in [0.15, 0.2) is 0 Å². The Hall–Kier alpha value is -0.940. The number of aromatic nitrogens is 1. The lowest BCUT2D eigenvalue weighted by Gasteiger charge is -2.09. The largest absolute Gasteiger partial charge is 0.352 e. The molecule has 1 aromatic heterocycles. The Labute approximate surface area is 87.5 Å². The zero-order valence-electron chi connectivity index (χ0n) is 8.41. The third-order valence-electron chi connectivity index (χ3n) is 1.77. The van der Waals surface area contributed by atoms with Crippen molar-refractivity contribution < 1.29 is 4.79 Å². The Kier molecular flexibility index (Phi) is 4.03. The number of carbonyl (C=O) groups is 1. The third kappa shape index (κ3) is 3.43. The zero-order chi connectivity index (χ0) is 10.6. The number of amides is 1. The number of hydrogen-bond acceptors (Lipinski definition) is 4. The minimum atomic E-state index is -0.0201. The number of hydrogen-bond donors (Lipinski definition) is 2. The highest BCUT2D eigenvalue weighted by Crippen LogP contribution is 2.08. The fourth-order valence-corrected chi connectivity index (χ4v) is 1.65. The average molecular weight is 213 g/mol.